The molecule has 9 nitrogen and oxygen atoms in total. The minimum atomic E-state index is -0.789. The standard InChI is InChI=1S/C29H36N4O5/c1-20-7-14-27(30-16-20)38-24-12-10-21(11-13-24)15-29(2,3)32-18-23(34)19-37-26-6-4-5-25(33(35)36)28(26)31-17-22-8-9-22/h4-7,10-14,16,22-23,31-32,34H,8-9,15,17-19H2,1-3H3/t23-/m0/s1. The maximum atomic E-state index is 11.5. The van der Waals surface area contributed by atoms with Gasteiger partial charge in [0, 0.05) is 37.0 Å². The molecule has 38 heavy (non-hydrogen) atoms. The molecule has 0 unspecified atom stereocenters. The molecular weight excluding hydrogens is 484 g/mol. The summed E-state index contributed by atoms with van der Waals surface area (Å²) in [6.45, 7) is 7.13. The SMILES string of the molecule is Cc1ccc(Oc2ccc(CC(C)(C)NC[C@H](O)COc3cccc([N+](=O)[O-])c3NCC3CC3)cc2)nc1. The third-order valence-electron chi connectivity index (χ3n) is 6.39. The largest absolute Gasteiger partial charge is 0.488 e. The Hall–Kier alpha value is -3.69. The van der Waals surface area contributed by atoms with E-state index in [1.807, 2.05) is 43.3 Å². The van der Waals surface area contributed by atoms with Crippen LogP contribution in [0.2, 0.25) is 0 Å². The van der Waals surface area contributed by atoms with E-state index in [1.54, 1.807) is 18.3 Å². The molecule has 0 aliphatic heterocycles. The molecule has 9 heteroatoms. The number of β-amino-alcohol motifs (C(OH)–C–C–N with tert-alkyl or cyclic N) is 1. The Labute approximate surface area is 223 Å². The number of aliphatic hydroxyl groups excluding tert-OH is 1. The minimum absolute atomic E-state index is 0.0153. The molecule has 1 fully saturated rings. The van der Waals surface area contributed by atoms with Crippen molar-refractivity contribution in [3.05, 3.63) is 82.0 Å². The van der Waals surface area contributed by atoms with Gasteiger partial charge in [-0.2, -0.15) is 0 Å². The van der Waals surface area contributed by atoms with Crippen molar-refractivity contribution < 1.29 is 19.5 Å². The molecule has 0 spiro atoms. The van der Waals surface area contributed by atoms with Crippen LogP contribution in [0.4, 0.5) is 11.4 Å². The molecular formula is C29H36N4O5. The smallest absolute Gasteiger partial charge is 0.296 e. The molecule has 0 radical (unpaired) electrons. The number of nitro groups is 1. The van der Waals surface area contributed by atoms with Crippen LogP contribution in [0.1, 0.15) is 37.8 Å². The van der Waals surface area contributed by atoms with Crippen molar-refractivity contribution in [1.82, 2.24) is 10.3 Å². The maximum Gasteiger partial charge on any atom is 0.296 e. The summed E-state index contributed by atoms with van der Waals surface area (Å²) in [5, 5.41) is 28.6. The van der Waals surface area contributed by atoms with Crippen LogP contribution >= 0.6 is 0 Å². The van der Waals surface area contributed by atoms with Gasteiger partial charge in [-0.1, -0.05) is 24.3 Å². The zero-order chi connectivity index (χ0) is 27.1. The average Bonchev–Trinajstić information content (AvgIpc) is 3.72. The molecule has 1 aliphatic rings. The van der Waals surface area contributed by atoms with Gasteiger partial charge >= 0.3 is 0 Å². The molecule has 1 aliphatic carbocycles. The first-order chi connectivity index (χ1) is 18.2. The zero-order valence-electron chi connectivity index (χ0n) is 22.1. The van der Waals surface area contributed by atoms with Crippen LogP contribution in [0.25, 0.3) is 0 Å². The number of nitrogens with zero attached hydrogens (tertiary/aromatic N) is 2. The number of aliphatic hydroxyl groups is 1. The van der Waals surface area contributed by atoms with Crippen LogP contribution in [0.5, 0.6) is 17.4 Å². The van der Waals surface area contributed by atoms with E-state index >= 15 is 0 Å². The van der Waals surface area contributed by atoms with Gasteiger partial charge in [0.25, 0.3) is 5.69 Å². The molecule has 202 valence electrons. The van der Waals surface area contributed by atoms with Crippen molar-refractivity contribution in [2.45, 2.75) is 51.7 Å². The quantitative estimate of drug-likeness (QED) is 0.194. The number of aryl methyl sites for hydroxylation is 1. The highest BCUT2D eigenvalue weighted by Crippen LogP contribution is 2.36. The van der Waals surface area contributed by atoms with E-state index in [2.05, 4.69) is 29.5 Å². The molecule has 0 saturated heterocycles. The van der Waals surface area contributed by atoms with Gasteiger partial charge in [-0.15, -0.1) is 0 Å². The Morgan fingerprint density at radius 1 is 1.16 bits per heavy atom. The molecule has 3 N–H and O–H groups in total. The summed E-state index contributed by atoms with van der Waals surface area (Å²) in [5.41, 5.74) is 2.26. The topological polar surface area (TPSA) is 119 Å². The van der Waals surface area contributed by atoms with Crippen molar-refractivity contribution in [1.29, 1.82) is 0 Å². The van der Waals surface area contributed by atoms with Crippen molar-refractivity contribution in [3.63, 3.8) is 0 Å². The fraction of sp³-hybridized carbons (Fsp3) is 0.414. The Morgan fingerprint density at radius 3 is 2.58 bits per heavy atom. The van der Waals surface area contributed by atoms with Crippen LogP contribution in [0, 0.1) is 23.0 Å². The summed E-state index contributed by atoms with van der Waals surface area (Å²) in [5.74, 6) is 2.20. The summed E-state index contributed by atoms with van der Waals surface area (Å²) < 4.78 is 11.6. The van der Waals surface area contributed by atoms with E-state index in [9.17, 15) is 15.2 Å². The Morgan fingerprint density at radius 2 is 1.92 bits per heavy atom. The highest BCUT2D eigenvalue weighted by Gasteiger charge is 2.25. The molecule has 1 saturated carbocycles. The second-order valence-electron chi connectivity index (χ2n) is 10.6. The number of hydrogen-bond donors (Lipinski definition) is 3. The van der Waals surface area contributed by atoms with Gasteiger partial charge in [-0.3, -0.25) is 10.1 Å². The summed E-state index contributed by atoms with van der Waals surface area (Å²) in [4.78, 5) is 15.3. The monoisotopic (exact) mass is 520 g/mol. The van der Waals surface area contributed by atoms with Crippen molar-refractivity contribution in [2.75, 3.05) is 25.0 Å². The number of pyridine rings is 1. The molecule has 1 aromatic heterocycles. The van der Waals surface area contributed by atoms with Gasteiger partial charge in [0.1, 0.15) is 24.2 Å². The van der Waals surface area contributed by atoms with E-state index in [1.165, 1.54) is 6.07 Å². The molecule has 2 aromatic carbocycles. The third-order valence-corrected chi connectivity index (χ3v) is 6.39. The maximum absolute atomic E-state index is 11.5. The lowest BCUT2D eigenvalue weighted by molar-refractivity contribution is -0.384. The van der Waals surface area contributed by atoms with Crippen LogP contribution in [-0.2, 0) is 6.42 Å². The molecule has 3 aromatic rings. The van der Waals surface area contributed by atoms with Gasteiger partial charge in [-0.25, -0.2) is 4.98 Å². The first-order valence-electron chi connectivity index (χ1n) is 13.0. The summed E-state index contributed by atoms with van der Waals surface area (Å²) in [6, 6.07) is 16.4. The Bertz CT molecular complexity index is 1210. The second kappa shape index (κ2) is 12.2. The third kappa shape index (κ3) is 8.16. The van der Waals surface area contributed by atoms with E-state index in [0.29, 0.717) is 36.3 Å². The number of nitrogens with one attached hydrogen (secondary N) is 2. The predicted molar refractivity (Wildman–Crippen MR) is 147 cm³/mol. The lowest BCUT2D eigenvalue weighted by Crippen LogP contribution is -2.46. The lowest BCUT2D eigenvalue weighted by atomic mass is 9.94. The predicted octanol–water partition coefficient (Wildman–Crippen LogP) is 5.26. The molecule has 0 bridgehead atoms. The van der Waals surface area contributed by atoms with Crippen LogP contribution in [0.15, 0.2) is 60.8 Å². The van der Waals surface area contributed by atoms with Crippen molar-refractivity contribution in [2.24, 2.45) is 5.92 Å². The van der Waals surface area contributed by atoms with Gasteiger partial charge in [0.2, 0.25) is 5.88 Å². The van der Waals surface area contributed by atoms with Gasteiger partial charge in [0.05, 0.1) is 4.92 Å². The number of aromatic nitrogens is 1. The molecule has 4 rings (SSSR count). The highest BCUT2D eigenvalue weighted by atomic mass is 16.6. The number of rotatable bonds is 14. The van der Waals surface area contributed by atoms with Crippen molar-refractivity contribution in [3.8, 4) is 17.4 Å². The Balaban J connectivity index is 1.26. The zero-order valence-corrected chi connectivity index (χ0v) is 22.1. The minimum Gasteiger partial charge on any atom is -0.488 e. The first-order valence-corrected chi connectivity index (χ1v) is 13.0. The summed E-state index contributed by atoms with van der Waals surface area (Å²) >= 11 is 0. The van der Waals surface area contributed by atoms with E-state index in [0.717, 1.165) is 36.1 Å². The number of benzene rings is 2. The van der Waals surface area contributed by atoms with Gasteiger partial charge in [0.15, 0.2) is 5.69 Å². The van der Waals surface area contributed by atoms with Crippen LogP contribution in [0.3, 0.4) is 0 Å². The summed E-state index contributed by atoms with van der Waals surface area (Å²) in [7, 11) is 0. The fourth-order valence-electron chi connectivity index (χ4n) is 4.06. The fourth-order valence-corrected chi connectivity index (χ4v) is 4.06. The number of para-hydroxylation sites is 1. The molecule has 1 atom stereocenters. The second-order valence-corrected chi connectivity index (χ2v) is 10.6. The number of ether oxygens (including phenoxy) is 2. The number of hydrogen-bond acceptors (Lipinski definition) is 8. The average molecular weight is 521 g/mol. The summed E-state index contributed by atoms with van der Waals surface area (Å²) in [6.07, 6.45) is 3.98. The number of nitro benzene ring substituents is 1. The van der Waals surface area contributed by atoms with Gasteiger partial charge in [-0.05, 0) is 75.3 Å². The van der Waals surface area contributed by atoms with Crippen molar-refractivity contribution >= 4 is 11.4 Å². The first kappa shape index (κ1) is 27.3. The molecule has 1 heterocycles. The van der Waals surface area contributed by atoms with E-state index in [-0.39, 0.29) is 17.8 Å². The van der Waals surface area contributed by atoms with E-state index in [4.69, 9.17) is 9.47 Å². The molecule has 0 amide bonds. The normalized spacial score (nSPS) is 14.1. The van der Waals surface area contributed by atoms with Crippen LogP contribution in [-0.4, -0.2) is 46.4 Å². The van der Waals surface area contributed by atoms with E-state index < -0.39 is 11.0 Å². The lowest BCUT2D eigenvalue weighted by Gasteiger charge is -2.28. The van der Waals surface area contributed by atoms with Gasteiger partial charge < -0.3 is 25.2 Å². The number of anilines is 1. The Kier molecular flexibility index (Phi) is 8.81. The van der Waals surface area contributed by atoms with Crippen LogP contribution < -0.4 is 20.1 Å². The highest BCUT2D eigenvalue weighted by molar-refractivity contribution is 5.70.